The van der Waals surface area contributed by atoms with Crippen molar-refractivity contribution in [3.05, 3.63) is 35.8 Å². The van der Waals surface area contributed by atoms with Gasteiger partial charge in [-0.2, -0.15) is 4.98 Å². The Bertz CT molecular complexity index is 1280. The third-order valence-electron chi connectivity index (χ3n) is 7.25. The van der Waals surface area contributed by atoms with Gasteiger partial charge < -0.3 is 9.64 Å². The van der Waals surface area contributed by atoms with Crippen LogP contribution < -0.4 is 9.64 Å². The number of thiazole rings is 1. The molecule has 0 aromatic carbocycles. The lowest BCUT2D eigenvalue weighted by Crippen LogP contribution is -2.39. The molecule has 200 valence electrons. The van der Waals surface area contributed by atoms with Gasteiger partial charge in [0.05, 0.1) is 10.5 Å². The number of piperidine rings is 2. The fourth-order valence-electron chi connectivity index (χ4n) is 5.19. The molecule has 0 atom stereocenters. The predicted octanol–water partition coefficient (Wildman–Crippen LogP) is 4.40. The Kier molecular flexibility index (Phi) is 8.21. The molecule has 0 radical (unpaired) electrons. The van der Waals surface area contributed by atoms with Crippen LogP contribution >= 0.6 is 11.3 Å². The molecule has 11 heteroatoms. The van der Waals surface area contributed by atoms with Gasteiger partial charge in [0.25, 0.3) is 5.19 Å². The van der Waals surface area contributed by atoms with Crippen LogP contribution in [-0.2, 0) is 16.4 Å². The van der Waals surface area contributed by atoms with E-state index < -0.39 is 10.0 Å². The molecule has 3 aromatic rings. The largest absolute Gasteiger partial charge is 0.467 e. The van der Waals surface area contributed by atoms with Gasteiger partial charge in [0.2, 0.25) is 16.0 Å². The Hall–Kier alpha value is -2.37. The predicted molar refractivity (Wildman–Crippen MR) is 147 cm³/mol. The van der Waals surface area contributed by atoms with Crippen molar-refractivity contribution in [1.82, 2.24) is 24.2 Å². The lowest BCUT2D eigenvalue weighted by molar-refractivity contribution is 0.170. The third kappa shape index (κ3) is 6.21. The van der Waals surface area contributed by atoms with Crippen LogP contribution in [0.5, 0.6) is 5.19 Å². The van der Waals surface area contributed by atoms with E-state index in [-0.39, 0.29) is 11.9 Å². The monoisotopic (exact) mass is 544 g/mol. The summed E-state index contributed by atoms with van der Waals surface area (Å²) in [5.41, 5.74) is 3.06. The first-order valence-electron chi connectivity index (χ1n) is 13.4. The summed E-state index contributed by atoms with van der Waals surface area (Å²) in [7, 11) is -3.12. The molecule has 2 aliphatic rings. The summed E-state index contributed by atoms with van der Waals surface area (Å²) in [4.78, 5) is 20.6. The van der Waals surface area contributed by atoms with Gasteiger partial charge in [-0.05, 0) is 48.8 Å². The number of anilines is 1. The number of ether oxygens (including phenoxy) is 1. The van der Waals surface area contributed by atoms with Gasteiger partial charge in [-0.15, -0.1) is 0 Å². The molecule has 2 fully saturated rings. The van der Waals surface area contributed by atoms with E-state index in [9.17, 15) is 8.42 Å². The van der Waals surface area contributed by atoms with E-state index in [4.69, 9.17) is 4.74 Å². The van der Waals surface area contributed by atoms with Crippen LogP contribution in [0.1, 0.15) is 69.4 Å². The van der Waals surface area contributed by atoms with Crippen molar-refractivity contribution in [2.24, 2.45) is 0 Å². The first-order chi connectivity index (χ1) is 17.9. The minimum atomic E-state index is -3.12. The van der Waals surface area contributed by atoms with E-state index in [0.717, 1.165) is 67.8 Å². The molecule has 0 N–H and O–H groups in total. The molecule has 3 aromatic heterocycles. The van der Waals surface area contributed by atoms with Gasteiger partial charge in [-0.1, -0.05) is 31.6 Å². The maximum atomic E-state index is 12.4. The number of sulfonamides is 1. The molecule has 5 heterocycles. The van der Waals surface area contributed by atoms with Crippen LogP contribution in [0.2, 0.25) is 0 Å². The van der Waals surface area contributed by atoms with Crippen molar-refractivity contribution in [3.63, 3.8) is 0 Å². The topological polar surface area (TPSA) is 101 Å². The number of aryl methyl sites for hydroxylation is 1. The van der Waals surface area contributed by atoms with Crippen LogP contribution in [0.3, 0.4) is 0 Å². The molecule has 2 saturated heterocycles. The molecule has 0 saturated carbocycles. The molecule has 37 heavy (non-hydrogen) atoms. The van der Waals surface area contributed by atoms with Crippen molar-refractivity contribution in [1.29, 1.82) is 0 Å². The summed E-state index contributed by atoms with van der Waals surface area (Å²) in [5.74, 6) is 1.34. The van der Waals surface area contributed by atoms with Gasteiger partial charge in [-0.3, -0.25) is 0 Å². The van der Waals surface area contributed by atoms with Crippen molar-refractivity contribution in [2.45, 2.75) is 70.8 Å². The Morgan fingerprint density at radius 3 is 2.38 bits per heavy atom. The highest BCUT2D eigenvalue weighted by Gasteiger charge is 2.29. The summed E-state index contributed by atoms with van der Waals surface area (Å²) >= 11 is 1.54. The number of aromatic nitrogens is 4. The second-order valence-corrected chi connectivity index (χ2v) is 13.1. The molecule has 0 spiro atoms. The SMILES string of the molecule is CCCc1cnc(N2CCC(Oc3nc4ncc(C5CCN(S(=O)(=O)CCC)CC5)cc4s3)CC2)nc1. The summed E-state index contributed by atoms with van der Waals surface area (Å²) < 4.78 is 33.7. The van der Waals surface area contributed by atoms with E-state index in [2.05, 4.69) is 37.8 Å². The molecule has 0 bridgehead atoms. The number of hydrogen-bond acceptors (Lipinski definition) is 9. The van der Waals surface area contributed by atoms with E-state index >= 15 is 0 Å². The fraction of sp³-hybridized carbons (Fsp3) is 0.615. The Balaban J connectivity index is 1.16. The lowest BCUT2D eigenvalue weighted by Gasteiger charge is -2.31. The lowest BCUT2D eigenvalue weighted by atomic mass is 9.91. The standard InChI is InChI=1S/C26H36N6O3S2/c1-3-5-19-16-28-25(29-17-19)31-10-8-22(9-11-31)35-26-30-24-23(36-26)15-21(18-27-24)20-6-12-32(13-7-20)37(33,34)14-4-2/h15-18,20,22H,3-14H2,1-2H3. The average Bonchev–Trinajstić information content (AvgIpc) is 3.31. The normalized spacial score (nSPS) is 18.5. The van der Waals surface area contributed by atoms with Gasteiger partial charge >= 0.3 is 0 Å². The summed E-state index contributed by atoms with van der Waals surface area (Å²) in [6.45, 7) is 6.94. The second kappa shape index (κ2) is 11.6. The maximum absolute atomic E-state index is 12.4. The zero-order chi connectivity index (χ0) is 25.8. The van der Waals surface area contributed by atoms with E-state index in [1.807, 2.05) is 25.5 Å². The first kappa shape index (κ1) is 26.2. The van der Waals surface area contributed by atoms with Crippen LogP contribution in [-0.4, -0.2) is 70.7 Å². The Morgan fingerprint density at radius 1 is 0.973 bits per heavy atom. The second-order valence-electron chi connectivity index (χ2n) is 10.0. The van der Waals surface area contributed by atoms with Crippen molar-refractivity contribution >= 4 is 37.7 Å². The van der Waals surface area contributed by atoms with E-state index in [1.165, 1.54) is 5.56 Å². The Labute approximate surface area is 223 Å². The van der Waals surface area contributed by atoms with Gasteiger partial charge in [0.1, 0.15) is 6.10 Å². The van der Waals surface area contributed by atoms with Crippen LogP contribution in [0.4, 0.5) is 5.95 Å². The zero-order valence-corrected chi connectivity index (χ0v) is 23.3. The number of pyridine rings is 1. The minimum absolute atomic E-state index is 0.116. The molecule has 5 rings (SSSR count). The number of fused-ring (bicyclic) bond motifs is 1. The summed E-state index contributed by atoms with van der Waals surface area (Å²) in [6.07, 6.45) is 12.1. The van der Waals surface area contributed by atoms with Gasteiger partial charge in [0.15, 0.2) is 5.65 Å². The van der Waals surface area contributed by atoms with Crippen LogP contribution in [0.15, 0.2) is 24.7 Å². The summed E-state index contributed by atoms with van der Waals surface area (Å²) in [6, 6.07) is 2.16. The highest BCUT2D eigenvalue weighted by Crippen LogP contribution is 2.34. The first-order valence-corrected chi connectivity index (χ1v) is 15.8. The van der Waals surface area contributed by atoms with Gasteiger partial charge in [-0.25, -0.2) is 27.7 Å². The molecule has 2 aliphatic heterocycles. The molecule has 0 amide bonds. The molecule has 9 nitrogen and oxygen atoms in total. The van der Waals surface area contributed by atoms with Crippen molar-refractivity contribution < 1.29 is 13.2 Å². The van der Waals surface area contributed by atoms with Crippen LogP contribution in [0.25, 0.3) is 10.3 Å². The van der Waals surface area contributed by atoms with Crippen molar-refractivity contribution in [2.75, 3.05) is 36.8 Å². The third-order valence-corrected chi connectivity index (χ3v) is 10.2. The Morgan fingerprint density at radius 2 is 1.70 bits per heavy atom. The highest BCUT2D eigenvalue weighted by molar-refractivity contribution is 7.89. The molecular weight excluding hydrogens is 508 g/mol. The molecule has 0 aliphatic carbocycles. The summed E-state index contributed by atoms with van der Waals surface area (Å²) in [5, 5.41) is 0.666. The number of rotatable bonds is 9. The maximum Gasteiger partial charge on any atom is 0.276 e. The number of nitrogens with zero attached hydrogens (tertiary/aromatic N) is 6. The average molecular weight is 545 g/mol. The quantitative estimate of drug-likeness (QED) is 0.391. The molecule has 0 unspecified atom stereocenters. The van der Waals surface area contributed by atoms with Gasteiger partial charge in [0, 0.05) is 57.6 Å². The fourth-order valence-corrected chi connectivity index (χ4v) is 7.62. The van der Waals surface area contributed by atoms with E-state index in [1.54, 1.807) is 15.6 Å². The highest BCUT2D eigenvalue weighted by atomic mass is 32.2. The van der Waals surface area contributed by atoms with Crippen molar-refractivity contribution in [3.8, 4) is 5.19 Å². The van der Waals surface area contributed by atoms with Crippen LogP contribution in [0, 0.1) is 0 Å². The molecular formula is C26H36N6O3S2. The smallest absolute Gasteiger partial charge is 0.276 e. The van der Waals surface area contributed by atoms with E-state index in [0.29, 0.717) is 36.3 Å². The number of hydrogen-bond donors (Lipinski definition) is 0. The zero-order valence-electron chi connectivity index (χ0n) is 21.7. The minimum Gasteiger partial charge on any atom is -0.467 e.